The molecule has 0 amide bonds. The maximum Gasteiger partial charge on any atom is 0.173 e. The van der Waals surface area contributed by atoms with Crippen molar-refractivity contribution in [3.8, 4) is 5.75 Å². The van der Waals surface area contributed by atoms with Gasteiger partial charge in [-0.1, -0.05) is 17.3 Å². The summed E-state index contributed by atoms with van der Waals surface area (Å²) in [7, 11) is 1.61. The molecule has 3 N–H and O–H groups in total. The molecular weight excluding hydrogens is 208 g/mol. The molecule has 0 fully saturated rings. The number of ether oxygens (including phenoxy) is 2. The number of nitrogens with zero attached hydrogens (tertiary/aromatic N) is 1. The number of rotatable bonds is 5. The first kappa shape index (κ1) is 12.3. The van der Waals surface area contributed by atoms with Gasteiger partial charge in [0.15, 0.2) is 5.84 Å². The van der Waals surface area contributed by atoms with E-state index >= 15 is 0 Å². The second-order valence-electron chi connectivity index (χ2n) is 3.37. The van der Waals surface area contributed by atoms with E-state index in [0.717, 1.165) is 0 Å². The Labute approximate surface area is 94.5 Å². The Hall–Kier alpha value is -1.75. The van der Waals surface area contributed by atoms with Crippen LogP contribution in [-0.2, 0) is 4.74 Å². The van der Waals surface area contributed by atoms with Gasteiger partial charge in [0.25, 0.3) is 0 Å². The van der Waals surface area contributed by atoms with Gasteiger partial charge in [-0.2, -0.15) is 0 Å². The fourth-order valence-electron chi connectivity index (χ4n) is 1.32. The highest BCUT2D eigenvalue weighted by Gasteiger charge is 2.10. The molecule has 0 saturated heterocycles. The van der Waals surface area contributed by atoms with E-state index in [-0.39, 0.29) is 11.9 Å². The summed E-state index contributed by atoms with van der Waals surface area (Å²) < 4.78 is 10.6. The average molecular weight is 224 g/mol. The normalized spacial score (nSPS) is 13.5. The number of amidine groups is 1. The Kier molecular flexibility index (Phi) is 4.60. The van der Waals surface area contributed by atoms with Crippen LogP contribution in [0.2, 0.25) is 0 Å². The molecular formula is C11H16N2O3. The van der Waals surface area contributed by atoms with E-state index in [1.54, 1.807) is 25.3 Å². The van der Waals surface area contributed by atoms with Gasteiger partial charge in [0.1, 0.15) is 11.9 Å². The number of nitrogens with two attached hydrogens (primary N) is 1. The largest absolute Gasteiger partial charge is 0.488 e. The molecule has 0 bridgehead atoms. The van der Waals surface area contributed by atoms with Crippen LogP contribution < -0.4 is 10.5 Å². The van der Waals surface area contributed by atoms with Crippen molar-refractivity contribution in [2.45, 2.75) is 13.0 Å². The van der Waals surface area contributed by atoms with E-state index in [9.17, 15) is 0 Å². The fraction of sp³-hybridized carbons (Fsp3) is 0.364. The van der Waals surface area contributed by atoms with Gasteiger partial charge in [-0.25, -0.2) is 0 Å². The van der Waals surface area contributed by atoms with Gasteiger partial charge in [0.05, 0.1) is 12.2 Å². The maximum absolute atomic E-state index is 8.63. The van der Waals surface area contributed by atoms with Gasteiger partial charge in [0.2, 0.25) is 0 Å². The minimum absolute atomic E-state index is 0.0280. The highest BCUT2D eigenvalue weighted by Crippen LogP contribution is 2.19. The van der Waals surface area contributed by atoms with Crippen LogP contribution in [0.4, 0.5) is 0 Å². The van der Waals surface area contributed by atoms with E-state index in [2.05, 4.69) is 5.16 Å². The molecule has 0 radical (unpaired) electrons. The van der Waals surface area contributed by atoms with Gasteiger partial charge in [0, 0.05) is 7.11 Å². The van der Waals surface area contributed by atoms with Crippen molar-refractivity contribution in [1.29, 1.82) is 0 Å². The Morgan fingerprint density at radius 2 is 2.19 bits per heavy atom. The zero-order chi connectivity index (χ0) is 12.0. The summed E-state index contributed by atoms with van der Waals surface area (Å²) in [6.07, 6.45) is -0.0994. The molecule has 5 nitrogen and oxygen atoms in total. The number of oxime groups is 1. The zero-order valence-electron chi connectivity index (χ0n) is 9.38. The molecule has 1 aromatic rings. The van der Waals surface area contributed by atoms with Crippen molar-refractivity contribution in [2.24, 2.45) is 10.9 Å². The topological polar surface area (TPSA) is 77.1 Å². The molecule has 0 aliphatic heterocycles. The second kappa shape index (κ2) is 5.97. The van der Waals surface area contributed by atoms with Gasteiger partial charge in [-0.05, 0) is 19.1 Å². The van der Waals surface area contributed by atoms with Gasteiger partial charge in [-0.3, -0.25) is 0 Å². The molecule has 16 heavy (non-hydrogen) atoms. The summed E-state index contributed by atoms with van der Waals surface area (Å²) >= 11 is 0. The van der Waals surface area contributed by atoms with Crippen molar-refractivity contribution in [3.05, 3.63) is 29.8 Å². The molecule has 0 aromatic heterocycles. The van der Waals surface area contributed by atoms with Gasteiger partial charge in [-0.15, -0.1) is 0 Å². The van der Waals surface area contributed by atoms with E-state index in [1.165, 1.54) is 0 Å². The van der Waals surface area contributed by atoms with Crippen LogP contribution in [0.3, 0.4) is 0 Å². The first-order chi connectivity index (χ1) is 7.69. The predicted molar refractivity (Wildman–Crippen MR) is 60.9 cm³/mol. The van der Waals surface area contributed by atoms with E-state index in [1.807, 2.05) is 13.0 Å². The quantitative estimate of drug-likeness (QED) is 0.341. The van der Waals surface area contributed by atoms with Crippen molar-refractivity contribution in [3.63, 3.8) is 0 Å². The molecule has 0 spiro atoms. The minimum atomic E-state index is -0.0994. The van der Waals surface area contributed by atoms with Crippen LogP contribution in [0.5, 0.6) is 5.75 Å². The number of benzene rings is 1. The van der Waals surface area contributed by atoms with Crippen LogP contribution >= 0.6 is 0 Å². The molecule has 1 rings (SSSR count). The minimum Gasteiger partial charge on any atom is -0.488 e. The molecule has 5 heteroatoms. The highest BCUT2D eigenvalue weighted by atomic mass is 16.5. The summed E-state index contributed by atoms with van der Waals surface area (Å²) in [6, 6.07) is 7.10. The molecule has 0 saturated carbocycles. The average Bonchev–Trinajstić information content (AvgIpc) is 2.29. The summed E-state index contributed by atoms with van der Waals surface area (Å²) in [4.78, 5) is 0. The number of para-hydroxylation sites is 1. The van der Waals surface area contributed by atoms with Crippen LogP contribution in [0, 0.1) is 0 Å². The molecule has 88 valence electrons. The summed E-state index contributed by atoms with van der Waals surface area (Å²) in [5.41, 5.74) is 6.10. The van der Waals surface area contributed by atoms with E-state index < -0.39 is 0 Å². The van der Waals surface area contributed by atoms with Gasteiger partial charge >= 0.3 is 0 Å². The smallest absolute Gasteiger partial charge is 0.173 e. The molecule has 1 unspecified atom stereocenters. The molecule has 1 aromatic carbocycles. The lowest BCUT2D eigenvalue weighted by atomic mass is 10.2. The van der Waals surface area contributed by atoms with Crippen LogP contribution in [-0.4, -0.2) is 30.9 Å². The summed E-state index contributed by atoms with van der Waals surface area (Å²) in [5, 5.41) is 11.6. The number of hydrogen-bond acceptors (Lipinski definition) is 4. The summed E-state index contributed by atoms with van der Waals surface area (Å²) in [6.45, 7) is 2.36. The zero-order valence-corrected chi connectivity index (χ0v) is 9.38. The third-order valence-corrected chi connectivity index (χ3v) is 2.00. The number of methoxy groups -OCH3 is 1. The Bertz CT molecular complexity index is 366. The standard InChI is InChI=1S/C11H16N2O3/c1-8(7-15-2)16-10-6-4-3-5-9(10)11(12)13-14/h3-6,8,14H,7H2,1-2H3,(H2,12,13). The van der Waals surface area contributed by atoms with E-state index in [4.69, 9.17) is 20.4 Å². The Morgan fingerprint density at radius 3 is 2.81 bits per heavy atom. The third kappa shape index (κ3) is 3.13. The summed E-state index contributed by atoms with van der Waals surface area (Å²) in [5.74, 6) is 0.600. The SMILES string of the molecule is COCC(C)Oc1ccccc1C(N)=NO. The Morgan fingerprint density at radius 1 is 1.50 bits per heavy atom. The molecule has 0 aliphatic rings. The van der Waals surface area contributed by atoms with Crippen molar-refractivity contribution < 1.29 is 14.7 Å². The van der Waals surface area contributed by atoms with E-state index in [0.29, 0.717) is 17.9 Å². The second-order valence-corrected chi connectivity index (χ2v) is 3.37. The van der Waals surface area contributed by atoms with Crippen LogP contribution in [0.15, 0.2) is 29.4 Å². The first-order valence-electron chi connectivity index (χ1n) is 4.91. The van der Waals surface area contributed by atoms with Crippen molar-refractivity contribution in [2.75, 3.05) is 13.7 Å². The molecule has 1 atom stereocenters. The maximum atomic E-state index is 8.63. The van der Waals surface area contributed by atoms with Gasteiger partial charge < -0.3 is 20.4 Å². The monoisotopic (exact) mass is 224 g/mol. The molecule has 0 heterocycles. The fourth-order valence-corrected chi connectivity index (χ4v) is 1.32. The first-order valence-corrected chi connectivity index (χ1v) is 4.91. The van der Waals surface area contributed by atoms with Crippen LogP contribution in [0.25, 0.3) is 0 Å². The van der Waals surface area contributed by atoms with Crippen molar-refractivity contribution in [1.82, 2.24) is 0 Å². The van der Waals surface area contributed by atoms with Crippen molar-refractivity contribution >= 4 is 5.84 Å². The third-order valence-electron chi connectivity index (χ3n) is 2.00. The number of hydrogen-bond donors (Lipinski definition) is 2. The lowest BCUT2D eigenvalue weighted by molar-refractivity contribution is 0.0919. The lowest BCUT2D eigenvalue weighted by Crippen LogP contribution is -2.21. The lowest BCUT2D eigenvalue weighted by Gasteiger charge is -2.16. The Balaban J connectivity index is 2.87. The van der Waals surface area contributed by atoms with Crippen LogP contribution in [0.1, 0.15) is 12.5 Å². The molecule has 0 aliphatic carbocycles. The highest BCUT2D eigenvalue weighted by molar-refractivity contribution is 5.99. The predicted octanol–water partition coefficient (Wildman–Crippen LogP) is 1.19.